The Labute approximate surface area is 128 Å². The fraction of sp³-hybridized carbons (Fsp3) is 0.562. The summed E-state index contributed by atoms with van der Waals surface area (Å²) >= 11 is 0. The van der Waals surface area contributed by atoms with E-state index in [1.54, 1.807) is 0 Å². The lowest BCUT2D eigenvalue weighted by Gasteiger charge is -2.32. The van der Waals surface area contributed by atoms with Crippen LogP contribution in [0.1, 0.15) is 38.8 Å². The quantitative estimate of drug-likeness (QED) is 0.800. The highest BCUT2D eigenvalue weighted by molar-refractivity contribution is 6.52. The molecule has 0 atom stereocenters. The van der Waals surface area contributed by atoms with Gasteiger partial charge in [-0.15, -0.1) is 0 Å². The molecule has 2 heterocycles. The molecule has 0 aromatic carbocycles. The van der Waals surface area contributed by atoms with Gasteiger partial charge in [-0.25, -0.2) is 4.98 Å². The van der Waals surface area contributed by atoms with E-state index < -0.39 is 0 Å². The summed E-state index contributed by atoms with van der Waals surface area (Å²) in [5, 5.41) is 0. The van der Waals surface area contributed by atoms with Crippen molar-refractivity contribution in [3.8, 4) is 0 Å². The molecule has 0 radical (unpaired) electrons. The average molecular weight is 288 g/mol. The second kappa shape index (κ2) is 5.46. The summed E-state index contributed by atoms with van der Waals surface area (Å²) in [5.74, 6) is 2.91. The molecule has 1 aromatic rings. The first kappa shape index (κ1) is 16.1. The lowest BCUT2D eigenvalue weighted by Crippen LogP contribution is -2.41. The molecule has 1 saturated heterocycles. The lowest BCUT2D eigenvalue weighted by atomic mass is 9.89. The van der Waals surface area contributed by atoms with Crippen molar-refractivity contribution in [1.82, 2.24) is 4.98 Å². The smallest absolute Gasteiger partial charge is 0.400 e. The third-order valence-corrected chi connectivity index (χ3v) is 4.30. The minimum Gasteiger partial charge on any atom is -0.400 e. The van der Waals surface area contributed by atoms with Crippen LogP contribution in [-0.2, 0) is 9.31 Å². The molecule has 1 aromatic heterocycles. The monoisotopic (exact) mass is 288 g/mol. The van der Waals surface area contributed by atoms with Crippen molar-refractivity contribution in [3.63, 3.8) is 0 Å². The predicted molar refractivity (Wildman–Crippen MR) is 88.4 cm³/mol. The molecule has 5 heteroatoms. The van der Waals surface area contributed by atoms with Gasteiger partial charge in [-0.2, -0.15) is 0 Å². The topological polar surface area (TPSA) is 34.6 Å². The van der Waals surface area contributed by atoms with Gasteiger partial charge < -0.3 is 14.2 Å². The molecule has 2 rings (SSSR count). The molecular formula is C16H25BN2O2. The van der Waals surface area contributed by atoms with E-state index in [-0.39, 0.29) is 18.3 Å². The van der Waals surface area contributed by atoms with Crippen LogP contribution < -0.4 is 4.90 Å². The van der Waals surface area contributed by atoms with E-state index in [2.05, 4.69) is 45.7 Å². The fourth-order valence-electron chi connectivity index (χ4n) is 2.12. The molecule has 1 aliphatic rings. The number of aromatic nitrogens is 1. The third kappa shape index (κ3) is 3.30. The van der Waals surface area contributed by atoms with E-state index in [4.69, 9.17) is 9.31 Å². The molecule has 4 nitrogen and oxygen atoms in total. The van der Waals surface area contributed by atoms with Gasteiger partial charge >= 0.3 is 7.12 Å². The molecule has 0 aliphatic carbocycles. The van der Waals surface area contributed by atoms with Crippen LogP contribution in [-0.4, -0.2) is 37.4 Å². The van der Waals surface area contributed by atoms with Gasteiger partial charge in [-0.3, -0.25) is 0 Å². The Bertz CT molecular complexity index is 537. The largest absolute Gasteiger partial charge is 0.487 e. The highest BCUT2D eigenvalue weighted by atomic mass is 16.7. The van der Waals surface area contributed by atoms with Gasteiger partial charge in [0.2, 0.25) is 0 Å². The van der Waals surface area contributed by atoms with Gasteiger partial charge in [-0.05, 0) is 51.8 Å². The summed E-state index contributed by atoms with van der Waals surface area (Å²) in [6, 6.07) is 2.07. The van der Waals surface area contributed by atoms with Crippen LogP contribution in [0, 0.1) is 6.92 Å². The number of rotatable bonds is 3. The molecular weight excluding hydrogens is 263 g/mol. The summed E-state index contributed by atoms with van der Waals surface area (Å²) < 4.78 is 11.9. The van der Waals surface area contributed by atoms with Gasteiger partial charge in [-0.1, -0.05) is 12.1 Å². The van der Waals surface area contributed by atoms with Crippen LogP contribution in [0.5, 0.6) is 0 Å². The van der Waals surface area contributed by atoms with Crippen LogP contribution in [0.4, 0.5) is 5.82 Å². The summed E-state index contributed by atoms with van der Waals surface area (Å²) in [5.41, 5.74) is 1.66. The average Bonchev–Trinajstić information content (AvgIpc) is 2.56. The van der Waals surface area contributed by atoms with Crippen LogP contribution in [0.3, 0.4) is 0 Å². The molecule has 0 saturated carbocycles. The van der Waals surface area contributed by atoms with Crippen molar-refractivity contribution >= 4 is 19.0 Å². The van der Waals surface area contributed by atoms with Crippen molar-refractivity contribution in [3.05, 3.63) is 29.4 Å². The Morgan fingerprint density at radius 2 is 1.71 bits per heavy atom. The van der Waals surface area contributed by atoms with Crippen molar-refractivity contribution in [2.45, 2.75) is 45.8 Å². The fourth-order valence-corrected chi connectivity index (χ4v) is 2.12. The molecule has 1 aliphatic heterocycles. The Hall–Kier alpha value is -1.33. The van der Waals surface area contributed by atoms with E-state index in [1.165, 1.54) is 5.56 Å². The van der Waals surface area contributed by atoms with Gasteiger partial charge in [0, 0.05) is 20.3 Å². The van der Waals surface area contributed by atoms with E-state index in [9.17, 15) is 0 Å². The highest BCUT2D eigenvalue weighted by Gasteiger charge is 2.49. The number of hydrogen-bond acceptors (Lipinski definition) is 4. The van der Waals surface area contributed by atoms with Crippen LogP contribution in [0.25, 0.3) is 6.08 Å². The van der Waals surface area contributed by atoms with Crippen molar-refractivity contribution in [2.75, 3.05) is 19.0 Å². The molecule has 21 heavy (non-hydrogen) atoms. The molecule has 1 fully saturated rings. The molecule has 0 unspecified atom stereocenters. The Morgan fingerprint density at radius 3 is 2.19 bits per heavy atom. The van der Waals surface area contributed by atoms with Gasteiger partial charge in [0.1, 0.15) is 5.82 Å². The van der Waals surface area contributed by atoms with Crippen molar-refractivity contribution in [2.24, 2.45) is 0 Å². The summed E-state index contributed by atoms with van der Waals surface area (Å²) in [4.78, 5) is 6.43. The van der Waals surface area contributed by atoms with Crippen LogP contribution >= 0.6 is 0 Å². The zero-order chi connectivity index (χ0) is 15.8. The molecule has 0 spiro atoms. The molecule has 0 amide bonds. The maximum absolute atomic E-state index is 5.95. The Morgan fingerprint density at radius 1 is 1.14 bits per heavy atom. The number of pyridine rings is 1. The zero-order valence-electron chi connectivity index (χ0n) is 14.1. The standard InChI is InChI=1S/C16H25BN2O2/c1-12-10-14(19(6)7)18-11-13(12)8-9-17-20-15(2,3)16(4,5)21-17/h8-11H,1-7H3/b9-8+. The first-order chi connectivity index (χ1) is 9.62. The summed E-state index contributed by atoms with van der Waals surface area (Å²) in [7, 11) is 3.66. The van der Waals surface area contributed by atoms with Gasteiger partial charge in [0.05, 0.1) is 11.2 Å². The lowest BCUT2D eigenvalue weighted by molar-refractivity contribution is 0.00578. The molecule has 0 bridgehead atoms. The Balaban J connectivity index is 2.13. The van der Waals surface area contributed by atoms with Crippen LogP contribution in [0.15, 0.2) is 18.2 Å². The molecule has 114 valence electrons. The van der Waals surface area contributed by atoms with Crippen molar-refractivity contribution in [1.29, 1.82) is 0 Å². The van der Waals surface area contributed by atoms with E-state index >= 15 is 0 Å². The minimum absolute atomic E-state index is 0.302. The number of aryl methyl sites for hydroxylation is 1. The second-order valence-electron chi connectivity index (χ2n) is 6.78. The predicted octanol–water partition coefficient (Wildman–Crippen LogP) is 3.10. The van der Waals surface area contributed by atoms with E-state index in [0.717, 1.165) is 11.4 Å². The third-order valence-electron chi connectivity index (χ3n) is 4.30. The van der Waals surface area contributed by atoms with E-state index in [1.807, 2.05) is 37.2 Å². The van der Waals surface area contributed by atoms with Gasteiger partial charge in [0.15, 0.2) is 0 Å². The Kier molecular flexibility index (Phi) is 4.18. The van der Waals surface area contributed by atoms with Crippen LogP contribution in [0.2, 0.25) is 0 Å². The first-order valence-electron chi connectivity index (χ1n) is 7.30. The van der Waals surface area contributed by atoms with Crippen molar-refractivity contribution < 1.29 is 9.31 Å². The second-order valence-corrected chi connectivity index (χ2v) is 6.78. The normalized spacial score (nSPS) is 20.2. The number of nitrogens with zero attached hydrogens (tertiary/aromatic N) is 2. The summed E-state index contributed by atoms with van der Waals surface area (Å²) in [6.07, 6.45) is 3.90. The minimum atomic E-state index is -0.317. The molecule has 0 N–H and O–H groups in total. The summed E-state index contributed by atoms with van der Waals surface area (Å²) in [6.45, 7) is 10.3. The zero-order valence-corrected chi connectivity index (χ0v) is 14.1. The van der Waals surface area contributed by atoms with Gasteiger partial charge in [0.25, 0.3) is 0 Å². The van der Waals surface area contributed by atoms with E-state index in [0.29, 0.717) is 0 Å². The number of anilines is 1. The highest BCUT2D eigenvalue weighted by Crippen LogP contribution is 2.37. The maximum atomic E-state index is 5.95. The maximum Gasteiger partial charge on any atom is 0.487 e. The SMILES string of the molecule is Cc1cc(N(C)C)ncc1/C=C/B1OC(C)(C)C(C)(C)O1. The number of hydrogen-bond donors (Lipinski definition) is 0. The first-order valence-corrected chi connectivity index (χ1v) is 7.30.